The molecular weight excluding hydrogens is 412 g/mol. The number of hydrogen-bond acceptors (Lipinski definition) is 7. The van der Waals surface area contributed by atoms with Crippen LogP contribution in [0.4, 0.5) is 0 Å². The zero-order valence-electron chi connectivity index (χ0n) is 16.7. The van der Waals surface area contributed by atoms with Crippen molar-refractivity contribution in [3.8, 4) is 23.0 Å². The molecule has 0 atom stereocenters. The summed E-state index contributed by atoms with van der Waals surface area (Å²) in [4.78, 5) is 14.6. The fourth-order valence-corrected chi connectivity index (χ4v) is 5.12. The van der Waals surface area contributed by atoms with E-state index in [4.69, 9.17) is 18.9 Å². The smallest absolute Gasteiger partial charge is 0.257 e. The van der Waals surface area contributed by atoms with E-state index in [1.54, 1.807) is 35.2 Å². The maximum atomic E-state index is 13.2. The van der Waals surface area contributed by atoms with Crippen LogP contribution in [0.15, 0.2) is 41.3 Å². The Morgan fingerprint density at radius 1 is 1.00 bits per heavy atom. The Labute approximate surface area is 174 Å². The van der Waals surface area contributed by atoms with Crippen LogP contribution in [-0.2, 0) is 10.0 Å². The standard InChI is InChI=1S/C20H22N2O7S/c1-26-14-6-7-16(27-2)18(12-14)30(24,25)22-10-8-21(9-11-22)20(23)15-4-3-5-17-19(15)29-13-28-17/h3-7,12H,8-11,13H2,1-2H3. The first-order valence-corrected chi connectivity index (χ1v) is 10.8. The van der Waals surface area contributed by atoms with Gasteiger partial charge >= 0.3 is 0 Å². The highest BCUT2D eigenvalue weighted by molar-refractivity contribution is 7.89. The minimum atomic E-state index is -3.82. The largest absolute Gasteiger partial charge is 0.497 e. The van der Waals surface area contributed by atoms with Crippen molar-refractivity contribution in [2.24, 2.45) is 0 Å². The maximum absolute atomic E-state index is 13.2. The van der Waals surface area contributed by atoms with E-state index in [0.29, 0.717) is 22.8 Å². The molecule has 0 N–H and O–H groups in total. The van der Waals surface area contributed by atoms with Crippen molar-refractivity contribution in [2.75, 3.05) is 47.2 Å². The van der Waals surface area contributed by atoms with E-state index >= 15 is 0 Å². The topological polar surface area (TPSA) is 94.6 Å². The Balaban J connectivity index is 1.51. The van der Waals surface area contributed by atoms with Gasteiger partial charge in [0.15, 0.2) is 11.5 Å². The molecule has 2 aliphatic heterocycles. The highest BCUT2D eigenvalue weighted by Crippen LogP contribution is 2.36. The van der Waals surface area contributed by atoms with Gasteiger partial charge in [0.2, 0.25) is 16.8 Å². The monoisotopic (exact) mass is 434 g/mol. The minimum Gasteiger partial charge on any atom is -0.497 e. The molecule has 10 heteroatoms. The van der Waals surface area contributed by atoms with Gasteiger partial charge in [-0.15, -0.1) is 0 Å². The van der Waals surface area contributed by atoms with Crippen LogP contribution in [0.25, 0.3) is 0 Å². The van der Waals surface area contributed by atoms with Crippen LogP contribution in [0.1, 0.15) is 10.4 Å². The molecule has 1 saturated heterocycles. The third-order valence-corrected chi connectivity index (χ3v) is 7.06. The molecule has 2 aromatic rings. The number of para-hydroxylation sites is 1. The van der Waals surface area contributed by atoms with Crippen LogP contribution in [-0.4, -0.2) is 70.7 Å². The highest BCUT2D eigenvalue weighted by Gasteiger charge is 2.34. The first-order chi connectivity index (χ1) is 14.5. The summed E-state index contributed by atoms with van der Waals surface area (Å²) < 4.78 is 48.9. The maximum Gasteiger partial charge on any atom is 0.257 e. The van der Waals surface area contributed by atoms with Gasteiger partial charge < -0.3 is 23.8 Å². The number of carbonyl (C=O) groups is 1. The van der Waals surface area contributed by atoms with E-state index in [1.807, 2.05) is 0 Å². The summed E-state index contributed by atoms with van der Waals surface area (Å²) in [6, 6.07) is 9.79. The summed E-state index contributed by atoms with van der Waals surface area (Å²) in [6.45, 7) is 0.930. The molecule has 0 aliphatic carbocycles. The summed E-state index contributed by atoms with van der Waals surface area (Å²) in [5, 5.41) is 0. The number of benzene rings is 2. The number of fused-ring (bicyclic) bond motifs is 1. The van der Waals surface area contributed by atoms with Gasteiger partial charge in [-0.3, -0.25) is 4.79 Å². The summed E-state index contributed by atoms with van der Waals surface area (Å²) >= 11 is 0. The van der Waals surface area contributed by atoms with Crippen molar-refractivity contribution in [3.05, 3.63) is 42.0 Å². The lowest BCUT2D eigenvalue weighted by Gasteiger charge is -2.34. The first-order valence-electron chi connectivity index (χ1n) is 9.36. The lowest BCUT2D eigenvalue weighted by Crippen LogP contribution is -2.50. The van der Waals surface area contributed by atoms with Gasteiger partial charge in [0.05, 0.1) is 19.8 Å². The number of nitrogens with zero attached hydrogens (tertiary/aromatic N) is 2. The van der Waals surface area contributed by atoms with E-state index in [2.05, 4.69) is 0 Å². The second-order valence-corrected chi connectivity index (χ2v) is 8.66. The molecule has 0 saturated carbocycles. The number of methoxy groups -OCH3 is 2. The Hall–Kier alpha value is -2.98. The fraction of sp³-hybridized carbons (Fsp3) is 0.350. The molecular formula is C20H22N2O7S. The predicted molar refractivity (Wildman–Crippen MR) is 107 cm³/mol. The molecule has 0 unspecified atom stereocenters. The third kappa shape index (κ3) is 3.52. The molecule has 0 spiro atoms. The summed E-state index contributed by atoms with van der Waals surface area (Å²) in [7, 11) is -0.927. The van der Waals surface area contributed by atoms with Gasteiger partial charge in [-0.1, -0.05) is 6.07 Å². The molecule has 2 aromatic carbocycles. The zero-order chi connectivity index (χ0) is 21.3. The molecule has 1 fully saturated rings. The first kappa shape index (κ1) is 20.3. The van der Waals surface area contributed by atoms with Gasteiger partial charge in [0, 0.05) is 32.2 Å². The molecule has 1 amide bonds. The molecule has 0 aromatic heterocycles. The number of ether oxygens (including phenoxy) is 4. The number of rotatable bonds is 5. The van der Waals surface area contributed by atoms with Crippen LogP contribution in [0.5, 0.6) is 23.0 Å². The van der Waals surface area contributed by atoms with Crippen molar-refractivity contribution in [1.82, 2.24) is 9.21 Å². The predicted octanol–water partition coefficient (Wildman–Crippen LogP) is 1.58. The number of sulfonamides is 1. The van der Waals surface area contributed by atoms with E-state index in [-0.39, 0.29) is 49.5 Å². The van der Waals surface area contributed by atoms with Gasteiger partial charge in [-0.25, -0.2) is 8.42 Å². The number of hydrogen-bond donors (Lipinski definition) is 0. The summed E-state index contributed by atoms with van der Waals surface area (Å²) in [5.41, 5.74) is 0.413. The third-order valence-electron chi connectivity index (χ3n) is 5.14. The van der Waals surface area contributed by atoms with E-state index < -0.39 is 10.0 Å². The molecule has 0 bridgehead atoms. The Kier molecular flexibility index (Phi) is 5.44. The summed E-state index contributed by atoms with van der Waals surface area (Å²) in [6.07, 6.45) is 0. The Bertz CT molecular complexity index is 1060. The number of piperazine rings is 1. The SMILES string of the molecule is COc1ccc(OC)c(S(=O)(=O)N2CCN(C(=O)c3cccc4c3OCO4)CC2)c1. The van der Waals surface area contributed by atoms with Crippen LogP contribution < -0.4 is 18.9 Å². The normalized spacial score (nSPS) is 16.4. The molecule has 30 heavy (non-hydrogen) atoms. The van der Waals surface area contributed by atoms with Crippen molar-refractivity contribution >= 4 is 15.9 Å². The second-order valence-electron chi connectivity index (χ2n) is 6.75. The highest BCUT2D eigenvalue weighted by atomic mass is 32.2. The van der Waals surface area contributed by atoms with Gasteiger partial charge in [-0.2, -0.15) is 4.31 Å². The number of amides is 1. The van der Waals surface area contributed by atoms with E-state index in [0.717, 1.165) is 0 Å². The van der Waals surface area contributed by atoms with Crippen LogP contribution >= 0.6 is 0 Å². The molecule has 2 heterocycles. The van der Waals surface area contributed by atoms with Gasteiger partial charge in [0.25, 0.3) is 5.91 Å². The van der Waals surface area contributed by atoms with Crippen molar-refractivity contribution < 1.29 is 32.2 Å². The van der Waals surface area contributed by atoms with E-state index in [9.17, 15) is 13.2 Å². The lowest BCUT2D eigenvalue weighted by molar-refractivity contribution is 0.0693. The average molecular weight is 434 g/mol. The van der Waals surface area contributed by atoms with Gasteiger partial charge in [-0.05, 0) is 24.3 Å². The minimum absolute atomic E-state index is 0.0376. The lowest BCUT2D eigenvalue weighted by atomic mass is 10.1. The molecule has 0 radical (unpaired) electrons. The molecule has 160 valence electrons. The fourth-order valence-electron chi connectivity index (χ4n) is 3.53. The second kappa shape index (κ2) is 8.04. The summed E-state index contributed by atoms with van der Waals surface area (Å²) in [5.74, 6) is 1.41. The van der Waals surface area contributed by atoms with Crippen molar-refractivity contribution in [2.45, 2.75) is 4.90 Å². The molecule has 4 rings (SSSR count). The Morgan fingerprint density at radius 3 is 2.47 bits per heavy atom. The van der Waals surface area contributed by atoms with Gasteiger partial charge in [0.1, 0.15) is 16.4 Å². The van der Waals surface area contributed by atoms with Crippen LogP contribution in [0.3, 0.4) is 0 Å². The van der Waals surface area contributed by atoms with E-state index in [1.165, 1.54) is 24.6 Å². The quantitative estimate of drug-likeness (QED) is 0.705. The molecule has 2 aliphatic rings. The van der Waals surface area contributed by atoms with Crippen LogP contribution in [0.2, 0.25) is 0 Å². The van der Waals surface area contributed by atoms with Crippen molar-refractivity contribution in [3.63, 3.8) is 0 Å². The number of carbonyl (C=O) groups excluding carboxylic acids is 1. The van der Waals surface area contributed by atoms with Crippen LogP contribution in [0, 0.1) is 0 Å². The zero-order valence-corrected chi connectivity index (χ0v) is 17.5. The molecule has 9 nitrogen and oxygen atoms in total. The van der Waals surface area contributed by atoms with Crippen molar-refractivity contribution in [1.29, 1.82) is 0 Å². The Morgan fingerprint density at radius 2 is 1.77 bits per heavy atom. The average Bonchev–Trinajstić information content (AvgIpc) is 3.27.